The summed E-state index contributed by atoms with van der Waals surface area (Å²) in [5.41, 5.74) is -0.260. The second-order valence-corrected chi connectivity index (χ2v) is 8.97. The summed E-state index contributed by atoms with van der Waals surface area (Å²) in [4.78, 5) is 22.8. The maximum Gasteiger partial charge on any atom is 0.271 e. The summed E-state index contributed by atoms with van der Waals surface area (Å²) in [5.74, 6) is -0.634. The lowest BCUT2D eigenvalue weighted by molar-refractivity contribution is -0.384. The van der Waals surface area contributed by atoms with Crippen molar-refractivity contribution in [1.29, 1.82) is 0 Å². The molecule has 1 aromatic heterocycles. The van der Waals surface area contributed by atoms with Crippen LogP contribution >= 0.6 is 23.1 Å². The van der Waals surface area contributed by atoms with Gasteiger partial charge in [-0.25, -0.2) is 8.42 Å². The monoisotopic (exact) mass is 417 g/mol. The Bertz CT molecular complexity index is 930. The summed E-state index contributed by atoms with van der Waals surface area (Å²) in [6.45, 7) is 1.38. The van der Waals surface area contributed by atoms with E-state index in [2.05, 4.69) is 15.5 Å². The van der Waals surface area contributed by atoms with Crippen LogP contribution < -0.4 is 9.62 Å². The molecular weight excluding hydrogens is 402 g/mol. The zero-order chi connectivity index (χ0) is 19.5. The first kappa shape index (κ1) is 20.1. The molecule has 0 saturated heterocycles. The number of nitro groups is 1. The number of aromatic nitrogens is 2. The molecule has 1 atom stereocenters. The molecule has 10 nitrogen and oxygen atoms in total. The van der Waals surface area contributed by atoms with Crippen molar-refractivity contribution in [2.24, 2.45) is 0 Å². The molecule has 0 fully saturated rings. The van der Waals surface area contributed by atoms with E-state index in [0.29, 0.717) is 4.34 Å². The molecule has 2 rings (SSSR count). The van der Waals surface area contributed by atoms with Crippen LogP contribution in [0.25, 0.3) is 0 Å². The van der Waals surface area contributed by atoms with Gasteiger partial charge in [-0.2, -0.15) is 0 Å². The van der Waals surface area contributed by atoms with Gasteiger partial charge in [0.25, 0.3) is 5.69 Å². The van der Waals surface area contributed by atoms with Crippen molar-refractivity contribution >= 4 is 55.5 Å². The predicted octanol–water partition coefficient (Wildman–Crippen LogP) is 1.96. The average Bonchev–Trinajstić information content (AvgIpc) is 3.01. The molecule has 0 spiro atoms. The molecule has 1 N–H and O–H groups in total. The zero-order valence-corrected chi connectivity index (χ0v) is 16.4. The van der Waals surface area contributed by atoms with Crippen LogP contribution in [0.4, 0.5) is 16.5 Å². The third-order valence-corrected chi connectivity index (χ3v) is 6.25. The highest BCUT2D eigenvalue weighted by Gasteiger charge is 2.30. The van der Waals surface area contributed by atoms with Crippen LogP contribution in [0.1, 0.15) is 6.92 Å². The quantitative estimate of drug-likeness (QED) is 0.312. The number of hydrogen-bond acceptors (Lipinski definition) is 9. The smallest absolute Gasteiger partial charge is 0.271 e. The summed E-state index contributed by atoms with van der Waals surface area (Å²) in [7, 11) is -3.88. The van der Waals surface area contributed by atoms with E-state index in [-0.39, 0.29) is 16.5 Å². The number of nitrogens with zero attached hydrogens (tertiary/aromatic N) is 4. The Balaban J connectivity index is 2.33. The number of sulfonamides is 1. The third-order valence-electron chi connectivity index (χ3n) is 3.19. The molecule has 0 unspecified atom stereocenters. The van der Waals surface area contributed by atoms with Gasteiger partial charge in [-0.3, -0.25) is 24.5 Å². The topological polar surface area (TPSA) is 135 Å². The lowest BCUT2D eigenvalue weighted by Crippen LogP contribution is -2.45. The predicted molar refractivity (Wildman–Crippen MR) is 100 cm³/mol. The van der Waals surface area contributed by atoms with E-state index in [4.69, 9.17) is 0 Å². The number of nitrogens with one attached hydrogen (secondary N) is 1. The van der Waals surface area contributed by atoms with Gasteiger partial charge in [0, 0.05) is 12.1 Å². The molecular formula is C13H15N5O5S3. The van der Waals surface area contributed by atoms with E-state index in [0.717, 1.165) is 28.0 Å². The number of carbonyl (C=O) groups is 1. The summed E-state index contributed by atoms with van der Waals surface area (Å²) >= 11 is 2.51. The van der Waals surface area contributed by atoms with Gasteiger partial charge in [0.2, 0.25) is 21.1 Å². The van der Waals surface area contributed by atoms with Crippen LogP contribution in [0, 0.1) is 10.1 Å². The van der Waals surface area contributed by atoms with Crippen LogP contribution in [0.2, 0.25) is 0 Å². The molecule has 1 heterocycles. The Morgan fingerprint density at radius 2 is 2.12 bits per heavy atom. The number of rotatable bonds is 7. The molecule has 1 amide bonds. The molecule has 2 aromatic rings. The van der Waals surface area contributed by atoms with Crippen molar-refractivity contribution < 1.29 is 18.1 Å². The van der Waals surface area contributed by atoms with Crippen LogP contribution in [0.15, 0.2) is 28.6 Å². The van der Waals surface area contributed by atoms with Crippen LogP contribution in [-0.2, 0) is 14.8 Å². The Morgan fingerprint density at radius 3 is 2.65 bits per heavy atom. The third kappa shape index (κ3) is 4.68. The first-order valence-corrected chi connectivity index (χ1v) is 10.9. The lowest BCUT2D eigenvalue weighted by Gasteiger charge is -2.27. The number of benzene rings is 1. The van der Waals surface area contributed by atoms with E-state index in [1.165, 1.54) is 36.9 Å². The molecule has 13 heteroatoms. The number of nitro benzene ring substituents is 1. The lowest BCUT2D eigenvalue weighted by atomic mass is 10.2. The van der Waals surface area contributed by atoms with E-state index in [9.17, 15) is 23.3 Å². The fraction of sp³-hybridized carbons (Fsp3) is 0.308. The number of non-ortho nitro benzene ring substituents is 1. The largest absolute Gasteiger partial charge is 0.299 e. The molecule has 0 bridgehead atoms. The van der Waals surface area contributed by atoms with E-state index in [1.54, 1.807) is 0 Å². The summed E-state index contributed by atoms with van der Waals surface area (Å²) in [6, 6.07) is 3.91. The standard InChI is InChI=1S/C13H15N5O5S3/c1-8(11(19)14-12-15-16-13(24-2)25-12)17(26(3,22)23)9-5-4-6-10(7-9)18(20)21/h4-8H,1-3H3,(H,14,15,19)/t8-/m0/s1. The van der Waals surface area contributed by atoms with Gasteiger partial charge in [0.05, 0.1) is 16.9 Å². The molecule has 0 saturated carbocycles. The van der Waals surface area contributed by atoms with Crippen molar-refractivity contribution in [1.82, 2.24) is 10.2 Å². The van der Waals surface area contributed by atoms with Gasteiger partial charge in [-0.1, -0.05) is 29.2 Å². The van der Waals surface area contributed by atoms with Crippen LogP contribution in [-0.4, -0.2) is 48.0 Å². The van der Waals surface area contributed by atoms with Crippen LogP contribution in [0.3, 0.4) is 0 Å². The van der Waals surface area contributed by atoms with Gasteiger partial charge >= 0.3 is 0 Å². The molecule has 1 aromatic carbocycles. The highest BCUT2D eigenvalue weighted by Crippen LogP contribution is 2.27. The first-order chi connectivity index (χ1) is 12.1. The molecule has 0 aliphatic rings. The number of hydrogen-bond donors (Lipinski definition) is 1. The minimum Gasteiger partial charge on any atom is -0.299 e. The normalized spacial score (nSPS) is 12.4. The van der Waals surface area contributed by atoms with Crippen molar-refractivity contribution in [3.8, 4) is 0 Å². The maximum atomic E-state index is 12.5. The maximum absolute atomic E-state index is 12.5. The Labute approximate surface area is 157 Å². The average molecular weight is 417 g/mol. The first-order valence-electron chi connectivity index (χ1n) is 7.05. The van der Waals surface area contributed by atoms with Crippen molar-refractivity contribution in [3.63, 3.8) is 0 Å². The SMILES string of the molecule is CSc1nnc(NC(=O)[C@H](C)N(c2cccc([N+](=O)[O-])c2)S(C)(=O)=O)s1. The van der Waals surface area contributed by atoms with E-state index < -0.39 is 26.9 Å². The van der Waals surface area contributed by atoms with E-state index in [1.807, 2.05) is 6.26 Å². The van der Waals surface area contributed by atoms with Crippen molar-refractivity contribution in [2.75, 3.05) is 22.1 Å². The minimum absolute atomic E-state index is 0.0198. The molecule has 26 heavy (non-hydrogen) atoms. The minimum atomic E-state index is -3.88. The Kier molecular flexibility index (Phi) is 6.15. The summed E-state index contributed by atoms with van der Waals surface area (Å²) in [6.07, 6.45) is 2.73. The second kappa shape index (κ2) is 7.97. The molecule has 0 aliphatic carbocycles. The molecule has 0 radical (unpaired) electrons. The van der Waals surface area contributed by atoms with Crippen LogP contribution in [0.5, 0.6) is 0 Å². The molecule has 140 valence electrons. The zero-order valence-electron chi connectivity index (χ0n) is 13.9. The Morgan fingerprint density at radius 1 is 1.42 bits per heavy atom. The van der Waals surface area contributed by atoms with Gasteiger partial charge in [0.1, 0.15) is 6.04 Å². The highest BCUT2D eigenvalue weighted by atomic mass is 32.2. The number of amides is 1. The van der Waals surface area contributed by atoms with Crippen molar-refractivity contribution in [3.05, 3.63) is 34.4 Å². The second-order valence-electron chi connectivity index (χ2n) is 5.08. The number of anilines is 2. The van der Waals surface area contributed by atoms with Crippen molar-refractivity contribution in [2.45, 2.75) is 17.3 Å². The number of carbonyl (C=O) groups excluding carboxylic acids is 1. The molecule has 0 aliphatic heterocycles. The van der Waals surface area contributed by atoms with E-state index >= 15 is 0 Å². The fourth-order valence-corrected chi connectivity index (χ4v) is 4.44. The summed E-state index contributed by atoms with van der Waals surface area (Å²) in [5, 5.41) is 21.3. The Hall–Kier alpha value is -2.25. The fourth-order valence-electron chi connectivity index (χ4n) is 2.11. The number of thioether (sulfide) groups is 1. The van der Waals surface area contributed by atoms with Gasteiger partial charge < -0.3 is 0 Å². The summed E-state index contributed by atoms with van der Waals surface area (Å²) < 4.78 is 25.9. The van der Waals surface area contributed by atoms with Gasteiger partial charge in [-0.05, 0) is 19.2 Å². The van der Waals surface area contributed by atoms with Gasteiger partial charge in [-0.15, -0.1) is 10.2 Å². The highest BCUT2D eigenvalue weighted by molar-refractivity contribution is 8.00. The van der Waals surface area contributed by atoms with Gasteiger partial charge in [0.15, 0.2) is 4.34 Å².